The van der Waals surface area contributed by atoms with Gasteiger partial charge < -0.3 is 24.2 Å². The monoisotopic (exact) mass is 662 g/mol. The van der Waals surface area contributed by atoms with Crippen LogP contribution in [0, 0.1) is 24.0 Å². The Hall–Kier alpha value is -4.87. The number of benzene rings is 2. The first-order valence-electron chi connectivity index (χ1n) is 15.6. The number of rotatable bonds is 8. The number of amides is 1. The maximum Gasteiger partial charge on any atom is 0.407 e. The smallest absolute Gasteiger partial charge is 0.407 e. The summed E-state index contributed by atoms with van der Waals surface area (Å²) >= 11 is 0. The minimum atomic E-state index is -0.986. The van der Waals surface area contributed by atoms with Gasteiger partial charge >= 0.3 is 12.1 Å². The Morgan fingerprint density at radius 3 is 2.56 bits per heavy atom. The van der Waals surface area contributed by atoms with Gasteiger partial charge in [0.2, 0.25) is 0 Å². The third-order valence-corrected chi connectivity index (χ3v) is 9.47. The average molecular weight is 663 g/mol. The third-order valence-electron chi connectivity index (χ3n) is 9.47. The van der Waals surface area contributed by atoms with Crippen molar-refractivity contribution in [1.82, 2.24) is 24.8 Å². The van der Waals surface area contributed by atoms with Gasteiger partial charge in [-0.3, -0.25) is 14.8 Å². The lowest BCUT2D eigenvalue weighted by molar-refractivity contribution is 0.0512. The summed E-state index contributed by atoms with van der Waals surface area (Å²) in [5.41, 5.74) is -0.137. The van der Waals surface area contributed by atoms with E-state index in [0.29, 0.717) is 42.9 Å². The molecule has 48 heavy (non-hydrogen) atoms. The highest BCUT2D eigenvalue weighted by molar-refractivity contribution is 6.03. The van der Waals surface area contributed by atoms with E-state index in [1.807, 2.05) is 9.80 Å². The second kappa shape index (κ2) is 12.6. The van der Waals surface area contributed by atoms with Crippen LogP contribution in [-0.2, 0) is 4.74 Å². The van der Waals surface area contributed by atoms with E-state index >= 15 is 4.39 Å². The molecule has 5 heterocycles. The van der Waals surface area contributed by atoms with E-state index in [4.69, 9.17) is 20.6 Å². The first-order valence-corrected chi connectivity index (χ1v) is 15.6. The molecule has 4 aromatic rings. The number of likely N-dealkylation sites (tertiary alicyclic amines) is 1. The zero-order chi connectivity index (χ0) is 33.7. The number of hydrogen-bond acceptors (Lipinski definition) is 9. The van der Waals surface area contributed by atoms with Crippen molar-refractivity contribution in [3.05, 3.63) is 47.7 Å². The van der Waals surface area contributed by atoms with Crippen molar-refractivity contribution in [2.75, 3.05) is 52.1 Å². The summed E-state index contributed by atoms with van der Waals surface area (Å²) in [6.45, 7) is 0.935. The number of methoxy groups -OCH3 is 1. The predicted octanol–water partition coefficient (Wildman–Crippen LogP) is 4.84. The van der Waals surface area contributed by atoms with Gasteiger partial charge in [-0.2, -0.15) is 9.97 Å². The molecule has 7 rings (SSSR count). The lowest BCUT2D eigenvalue weighted by Gasteiger charge is -2.40. The molecule has 0 saturated carbocycles. The topological polar surface area (TPSA) is 113 Å². The molecule has 250 valence electrons. The molecule has 0 aliphatic carbocycles. The van der Waals surface area contributed by atoms with E-state index in [9.17, 15) is 18.7 Å². The first-order chi connectivity index (χ1) is 23.2. The third kappa shape index (κ3) is 5.56. The largest absolute Gasteiger partial charge is 0.468 e. The van der Waals surface area contributed by atoms with E-state index < -0.39 is 23.9 Å². The van der Waals surface area contributed by atoms with Crippen LogP contribution in [0.4, 0.5) is 23.8 Å². The highest BCUT2D eigenvalue weighted by atomic mass is 19.1. The number of anilines is 1. The SMILES string of the molecule is C#Cc1c(F)ccc2cc(OCOC)cc(-c3ncc4c(N5C[C@H]6CC[C@@H](C5)N6C(=O)O)nc(OC[C@@H]5C[C@@H](F)CN5C)nc4c3F)c12. The second-order valence-electron chi connectivity index (χ2n) is 12.4. The number of nitrogens with zero attached hydrogens (tertiary/aromatic N) is 6. The van der Waals surface area contributed by atoms with Crippen LogP contribution in [0.1, 0.15) is 24.8 Å². The normalized spacial score (nSPS) is 22.4. The Morgan fingerprint density at radius 2 is 1.90 bits per heavy atom. The number of pyridine rings is 1. The van der Waals surface area contributed by atoms with E-state index in [1.165, 1.54) is 36.4 Å². The van der Waals surface area contributed by atoms with Crippen molar-refractivity contribution in [2.24, 2.45) is 0 Å². The molecule has 3 aliphatic heterocycles. The maximum atomic E-state index is 16.9. The van der Waals surface area contributed by atoms with Crippen LogP contribution in [-0.4, -0.2) is 107 Å². The van der Waals surface area contributed by atoms with Crippen LogP contribution in [0.5, 0.6) is 11.8 Å². The Labute approximate surface area is 274 Å². The van der Waals surface area contributed by atoms with E-state index in [2.05, 4.69) is 20.9 Å². The standard InChI is InChI=1S/C34H33F3N6O5/c1-4-24-27(36)8-5-18-9-23(48-17-46-3)11-25(28(18)24)30-29(37)31-26(12-38-30)32(42-14-20-6-7-21(15-42)43(20)34(44)45)40-33(39-31)47-16-22-10-19(35)13-41(22)2/h1,5,8-9,11-12,19-22H,6-7,10,13-17H2,2-3H3,(H,44,45)/t19-,20-,21+,22+/m1/s1. The van der Waals surface area contributed by atoms with E-state index in [1.54, 1.807) is 13.1 Å². The van der Waals surface area contributed by atoms with Gasteiger partial charge in [0.1, 0.15) is 41.4 Å². The zero-order valence-electron chi connectivity index (χ0n) is 26.3. The summed E-state index contributed by atoms with van der Waals surface area (Å²) in [7, 11) is 3.26. The Bertz CT molecular complexity index is 1940. The van der Waals surface area contributed by atoms with Crippen molar-refractivity contribution >= 4 is 33.6 Å². The Morgan fingerprint density at radius 1 is 1.12 bits per heavy atom. The highest BCUT2D eigenvalue weighted by Crippen LogP contribution is 2.40. The molecule has 2 bridgehead atoms. The molecule has 4 atom stereocenters. The van der Waals surface area contributed by atoms with Crippen molar-refractivity contribution in [3.63, 3.8) is 0 Å². The molecular weight excluding hydrogens is 629 g/mol. The van der Waals surface area contributed by atoms with E-state index in [-0.39, 0.29) is 83.6 Å². The van der Waals surface area contributed by atoms with Crippen LogP contribution >= 0.6 is 0 Å². The fraction of sp³-hybridized carbons (Fsp3) is 0.412. The number of piperazine rings is 1. The van der Waals surface area contributed by atoms with Gasteiger partial charge in [-0.25, -0.2) is 18.0 Å². The Balaban J connectivity index is 1.37. The molecule has 0 unspecified atom stereocenters. The molecule has 2 aromatic heterocycles. The lowest BCUT2D eigenvalue weighted by Crippen LogP contribution is -2.55. The average Bonchev–Trinajstić information content (AvgIpc) is 3.55. The van der Waals surface area contributed by atoms with Gasteiger partial charge in [0, 0.05) is 49.9 Å². The van der Waals surface area contributed by atoms with Crippen LogP contribution in [0.15, 0.2) is 30.5 Å². The van der Waals surface area contributed by atoms with Crippen molar-refractivity contribution in [1.29, 1.82) is 0 Å². The molecule has 0 radical (unpaired) electrons. The molecule has 2 aromatic carbocycles. The molecule has 11 nitrogen and oxygen atoms in total. The molecular formula is C34H33F3N6O5. The first kappa shape index (κ1) is 31.7. The summed E-state index contributed by atoms with van der Waals surface area (Å²) in [6, 6.07) is 5.05. The number of carboxylic acid groups (broad SMARTS) is 1. The summed E-state index contributed by atoms with van der Waals surface area (Å²) in [6.07, 6.45) is 6.87. The van der Waals surface area contributed by atoms with Crippen LogP contribution in [0.3, 0.4) is 0 Å². The van der Waals surface area contributed by atoms with Gasteiger partial charge in [-0.15, -0.1) is 6.42 Å². The van der Waals surface area contributed by atoms with Crippen molar-refractivity contribution < 1.29 is 37.3 Å². The quantitative estimate of drug-likeness (QED) is 0.208. The summed E-state index contributed by atoms with van der Waals surface area (Å²) in [5.74, 6) is 1.57. The number of ether oxygens (including phenoxy) is 3. The molecule has 1 amide bonds. The summed E-state index contributed by atoms with van der Waals surface area (Å²) in [5, 5.41) is 10.9. The number of fused-ring (bicyclic) bond motifs is 4. The number of aromatic nitrogens is 3. The van der Waals surface area contributed by atoms with Crippen LogP contribution < -0.4 is 14.4 Å². The molecule has 3 aliphatic rings. The Kier molecular flexibility index (Phi) is 8.34. The molecule has 14 heteroatoms. The number of likely N-dealkylation sites (N-methyl/N-ethyl adjacent to an activating group) is 1. The fourth-order valence-electron chi connectivity index (χ4n) is 7.23. The minimum Gasteiger partial charge on any atom is -0.468 e. The summed E-state index contributed by atoms with van der Waals surface area (Å²) in [4.78, 5) is 30.9. The summed E-state index contributed by atoms with van der Waals surface area (Å²) < 4.78 is 62.7. The van der Waals surface area contributed by atoms with E-state index in [0.717, 1.165) is 0 Å². The second-order valence-corrected chi connectivity index (χ2v) is 12.4. The maximum absolute atomic E-state index is 16.9. The molecule has 1 N–H and O–H groups in total. The van der Waals surface area contributed by atoms with Gasteiger partial charge in [-0.1, -0.05) is 12.0 Å². The number of alkyl halides is 1. The fourth-order valence-corrected chi connectivity index (χ4v) is 7.23. The zero-order valence-corrected chi connectivity index (χ0v) is 26.3. The van der Waals surface area contributed by atoms with Gasteiger partial charge in [0.15, 0.2) is 12.6 Å². The van der Waals surface area contributed by atoms with Gasteiger partial charge in [0.25, 0.3) is 0 Å². The number of terminal acetylenes is 1. The van der Waals surface area contributed by atoms with Crippen molar-refractivity contribution in [3.8, 4) is 35.4 Å². The highest BCUT2D eigenvalue weighted by Gasteiger charge is 2.43. The minimum absolute atomic E-state index is 0.0619. The number of carbonyl (C=O) groups is 1. The van der Waals surface area contributed by atoms with Gasteiger partial charge in [0.05, 0.1) is 23.0 Å². The number of halogens is 3. The van der Waals surface area contributed by atoms with Crippen LogP contribution in [0.2, 0.25) is 0 Å². The molecule has 3 saturated heterocycles. The van der Waals surface area contributed by atoms with Crippen LogP contribution in [0.25, 0.3) is 32.9 Å². The molecule has 0 spiro atoms. The van der Waals surface area contributed by atoms with Gasteiger partial charge in [-0.05, 0) is 49.9 Å². The predicted molar refractivity (Wildman–Crippen MR) is 171 cm³/mol. The molecule has 3 fully saturated rings. The lowest BCUT2D eigenvalue weighted by atomic mass is 9.95. The number of hydrogen-bond donors (Lipinski definition) is 1. The van der Waals surface area contributed by atoms with Crippen molar-refractivity contribution in [2.45, 2.75) is 43.6 Å².